The molecule has 2 aromatic rings. The molecule has 0 aromatic heterocycles. The molecule has 1 atom stereocenters. The van der Waals surface area contributed by atoms with Crippen LogP contribution in [-0.2, 0) is 4.79 Å². The van der Waals surface area contributed by atoms with Crippen LogP contribution in [0, 0.1) is 11.8 Å². The molecule has 0 aliphatic rings. The van der Waals surface area contributed by atoms with E-state index in [2.05, 4.69) is 17.2 Å². The molecule has 25 heavy (non-hydrogen) atoms. The molecule has 128 valence electrons. The molecule has 0 saturated carbocycles. The van der Waals surface area contributed by atoms with Gasteiger partial charge in [-0.3, -0.25) is 14.8 Å². The Bertz CT molecular complexity index is 803. The zero-order chi connectivity index (χ0) is 18.2. The van der Waals surface area contributed by atoms with Crippen molar-refractivity contribution in [3.8, 4) is 11.8 Å². The van der Waals surface area contributed by atoms with Crippen molar-refractivity contribution in [3.63, 3.8) is 0 Å². The SMILES string of the molecule is CCC(NC(=O)c1ccc(C#Cc2ccc(N)cc2)cc1)C(=O)NO. The second-order valence-electron chi connectivity index (χ2n) is 5.36. The lowest BCUT2D eigenvalue weighted by Gasteiger charge is -2.14. The van der Waals surface area contributed by atoms with E-state index in [1.807, 2.05) is 12.1 Å². The van der Waals surface area contributed by atoms with E-state index in [9.17, 15) is 9.59 Å². The van der Waals surface area contributed by atoms with Crippen molar-refractivity contribution in [1.82, 2.24) is 10.8 Å². The second kappa shape index (κ2) is 8.52. The van der Waals surface area contributed by atoms with Gasteiger partial charge in [0.2, 0.25) is 0 Å². The Balaban J connectivity index is 2.05. The molecule has 0 spiro atoms. The first kappa shape index (κ1) is 18.0. The second-order valence-corrected chi connectivity index (χ2v) is 5.36. The van der Waals surface area contributed by atoms with E-state index in [-0.39, 0.29) is 0 Å². The highest BCUT2D eigenvalue weighted by molar-refractivity contribution is 5.97. The molecular weight excluding hydrogens is 318 g/mol. The van der Waals surface area contributed by atoms with Gasteiger partial charge in [-0.05, 0) is 55.0 Å². The number of anilines is 1. The van der Waals surface area contributed by atoms with Crippen LogP contribution in [0.25, 0.3) is 0 Å². The Morgan fingerprint density at radius 2 is 1.56 bits per heavy atom. The number of hydrogen-bond donors (Lipinski definition) is 4. The smallest absolute Gasteiger partial charge is 0.265 e. The fourth-order valence-corrected chi connectivity index (χ4v) is 2.09. The number of rotatable bonds is 4. The summed E-state index contributed by atoms with van der Waals surface area (Å²) >= 11 is 0. The van der Waals surface area contributed by atoms with Crippen molar-refractivity contribution in [3.05, 3.63) is 65.2 Å². The third kappa shape index (κ3) is 5.09. The highest BCUT2D eigenvalue weighted by Crippen LogP contribution is 2.07. The number of benzene rings is 2. The van der Waals surface area contributed by atoms with E-state index in [4.69, 9.17) is 10.9 Å². The van der Waals surface area contributed by atoms with Crippen molar-refractivity contribution >= 4 is 17.5 Å². The van der Waals surface area contributed by atoms with Crippen LogP contribution in [0.15, 0.2) is 48.5 Å². The molecule has 0 heterocycles. The van der Waals surface area contributed by atoms with E-state index in [1.54, 1.807) is 43.3 Å². The standard InChI is InChI=1S/C19H19N3O3/c1-2-17(19(24)22-25)21-18(23)15-9-5-13(6-10-15)3-4-14-7-11-16(20)12-8-14/h5-12,17,25H,2,20H2,1H3,(H,21,23)(H,22,24). The number of hydrogen-bond acceptors (Lipinski definition) is 4. The summed E-state index contributed by atoms with van der Waals surface area (Å²) in [7, 11) is 0. The van der Waals surface area contributed by atoms with Crippen LogP contribution in [0.3, 0.4) is 0 Å². The van der Waals surface area contributed by atoms with E-state index >= 15 is 0 Å². The summed E-state index contributed by atoms with van der Waals surface area (Å²) in [5.41, 5.74) is 9.85. The monoisotopic (exact) mass is 337 g/mol. The molecule has 0 aliphatic heterocycles. The van der Waals surface area contributed by atoms with E-state index < -0.39 is 17.9 Å². The maximum absolute atomic E-state index is 12.1. The van der Waals surface area contributed by atoms with Gasteiger partial charge in [0.1, 0.15) is 6.04 Å². The summed E-state index contributed by atoms with van der Waals surface area (Å²) < 4.78 is 0. The van der Waals surface area contributed by atoms with Crippen molar-refractivity contribution in [2.45, 2.75) is 19.4 Å². The highest BCUT2D eigenvalue weighted by Gasteiger charge is 2.18. The number of nitrogen functional groups attached to an aromatic ring is 1. The van der Waals surface area contributed by atoms with Gasteiger partial charge in [0.15, 0.2) is 0 Å². The van der Waals surface area contributed by atoms with Gasteiger partial charge in [0.25, 0.3) is 11.8 Å². The van der Waals surface area contributed by atoms with Gasteiger partial charge in [-0.1, -0.05) is 18.8 Å². The summed E-state index contributed by atoms with van der Waals surface area (Å²) in [4.78, 5) is 23.5. The summed E-state index contributed by atoms with van der Waals surface area (Å²) in [6.45, 7) is 1.73. The highest BCUT2D eigenvalue weighted by atomic mass is 16.5. The Morgan fingerprint density at radius 3 is 2.04 bits per heavy atom. The van der Waals surface area contributed by atoms with Crippen LogP contribution in [0.2, 0.25) is 0 Å². The molecule has 5 N–H and O–H groups in total. The fraction of sp³-hybridized carbons (Fsp3) is 0.158. The zero-order valence-electron chi connectivity index (χ0n) is 13.7. The fourth-order valence-electron chi connectivity index (χ4n) is 2.09. The Hall–Kier alpha value is -3.30. The minimum absolute atomic E-state index is 0.364. The molecule has 0 fully saturated rings. The van der Waals surface area contributed by atoms with Crippen molar-refractivity contribution in [1.29, 1.82) is 0 Å². The maximum atomic E-state index is 12.1. The lowest BCUT2D eigenvalue weighted by Crippen LogP contribution is -2.45. The Morgan fingerprint density at radius 1 is 1.04 bits per heavy atom. The van der Waals surface area contributed by atoms with Crippen LogP contribution < -0.4 is 16.5 Å². The number of nitrogens with one attached hydrogen (secondary N) is 2. The molecule has 0 bridgehead atoms. The normalized spacial score (nSPS) is 11.0. The van der Waals surface area contributed by atoms with Crippen LogP contribution in [0.4, 0.5) is 5.69 Å². The number of carbonyl (C=O) groups is 2. The van der Waals surface area contributed by atoms with Gasteiger partial charge < -0.3 is 11.1 Å². The average molecular weight is 337 g/mol. The summed E-state index contributed by atoms with van der Waals surface area (Å²) in [5.74, 6) is 4.97. The van der Waals surface area contributed by atoms with Crippen molar-refractivity contribution < 1.29 is 14.8 Å². The third-order valence-electron chi connectivity index (χ3n) is 3.55. The van der Waals surface area contributed by atoms with Gasteiger partial charge in [-0.2, -0.15) is 0 Å². The van der Waals surface area contributed by atoms with Gasteiger partial charge >= 0.3 is 0 Å². The van der Waals surface area contributed by atoms with Gasteiger partial charge in [0.05, 0.1) is 0 Å². The summed E-state index contributed by atoms with van der Waals surface area (Å²) in [6.07, 6.45) is 0.364. The van der Waals surface area contributed by atoms with Crippen LogP contribution >= 0.6 is 0 Å². The zero-order valence-corrected chi connectivity index (χ0v) is 13.7. The first-order chi connectivity index (χ1) is 12.0. The minimum Gasteiger partial charge on any atom is -0.399 e. The van der Waals surface area contributed by atoms with Crippen molar-refractivity contribution in [2.24, 2.45) is 0 Å². The number of carbonyl (C=O) groups excluding carboxylic acids is 2. The lowest BCUT2D eigenvalue weighted by atomic mass is 10.1. The predicted molar refractivity (Wildman–Crippen MR) is 94.8 cm³/mol. The molecule has 6 nitrogen and oxygen atoms in total. The molecule has 6 heteroatoms. The minimum atomic E-state index is -0.789. The first-order valence-electron chi connectivity index (χ1n) is 7.76. The number of nitrogens with two attached hydrogens (primary N) is 1. The van der Waals surface area contributed by atoms with Gasteiger partial charge in [0, 0.05) is 22.4 Å². The first-order valence-corrected chi connectivity index (χ1v) is 7.76. The topological polar surface area (TPSA) is 104 Å². The molecule has 0 aliphatic carbocycles. The molecule has 2 aromatic carbocycles. The Labute approximate surface area is 146 Å². The Kier molecular flexibility index (Phi) is 6.15. The molecule has 1 unspecified atom stereocenters. The third-order valence-corrected chi connectivity index (χ3v) is 3.55. The molecular formula is C19H19N3O3. The van der Waals surface area contributed by atoms with E-state index in [0.29, 0.717) is 17.7 Å². The molecule has 2 amide bonds. The van der Waals surface area contributed by atoms with Gasteiger partial charge in [-0.25, -0.2) is 5.48 Å². The summed E-state index contributed by atoms with van der Waals surface area (Å²) in [6, 6.07) is 13.2. The van der Waals surface area contributed by atoms with E-state index in [1.165, 1.54) is 5.48 Å². The van der Waals surface area contributed by atoms with Crippen LogP contribution in [-0.4, -0.2) is 23.1 Å². The average Bonchev–Trinajstić information content (AvgIpc) is 2.65. The maximum Gasteiger partial charge on any atom is 0.265 e. The number of amides is 2. The van der Waals surface area contributed by atoms with E-state index in [0.717, 1.165) is 11.1 Å². The van der Waals surface area contributed by atoms with Gasteiger partial charge in [-0.15, -0.1) is 0 Å². The molecule has 0 saturated heterocycles. The molecule has 0 radical (unpaired) electrons. The lowest BCUT2D eigenvalue weighted by molar-refractivity contribution is -0.131. The predicted octanol–water partition coefficient (Wildman–Crippen LogP) is 1.68. The van der Waals surface area contributed by atoms with Crippen LogP contribution in [0.5, 0.6) is 0 Å². The van der Waals surface area contributed by atoms with Crippen LogP contribution in [0.1, 0.15) is 34.8 Å². The molecule has 2 rings (SSSR count). The number of hydroxylamine groups is 1. The quantitative estimate of drug-likeness (QED) is 0.295. The largest absolute Gasteiger partial charge is 0.399 e. The van der Waals surface area contributed by atoms with Crippen molar-refractivity contribution in [2.75, 3.05) is 5.73 Å². The summed E-state index contributed by atoms with van der Waals surface area (Å²) in [5, 5.41) is 11.2.